The van der Waals surface area contributed by atoms with E-state index in [2.05, 4.69) is 20.3 Å². The summed E-state index contributed by atoms with van der Waals surface area (Å²) in [6.45, 7) is 3.88. The minimum atomic E-state index is -3.43. The lowest BCUT2D eigenvalue weighted by molar-refractivity contribution is 0.477. The second-order valence-electron chi connectivity index (χ2n) is 6.39. The van der Waals surface area contributed by atoms with Crippen LogP contribution in [0.5, 0.6) is 0 Å². The Balaban J connectivity index is 1.62. The Kier molecular flexibility index (Phi) is 4.44. The van der Waals surface area contributed by atoms with Crippen LogP contribution in [-0.2, 0) is 16.6 Å². The number of imidazole rings is 1. The van der Waals surface area contributed by atoms with Gasteiger partial charge in [0.25, 0.3) is 0 Å². The van der Waals surface area contributed by atoms with Crippen molar-refractivity contribution in [1.29, 1.82) is 0 Å². The predicted molar refractivity (Wildman–Crippen MR) is 103 cm³/mol. The molecule has 1 fully saturated rings. The van der Waals surface area contributed by atoms with E-state index in [4.69, 9.17) is 5.73 Å². The maximum absolute atomic E-state index is 12.6. The fourth-order valence-corrected chi connectivity index (χ4v) is 4.72. The molecule has 2 aromatic heterocycles. The third-order valence-electron chi connectivity index (χ3n) is 4.64. The molecule has 142 valence electrons. The Morgan fingerprint density at radius 1 is 1.15 bits per heavy atom. The molecule has 0 radical (unpaired) electrons. The Bertz CT molecular complexity index is 1070. The predicted octanol–water partition coefficient (Wildman–Crippen LogP) is 1.96. The first kappa shape index (κ1) is 17.7. The molecule has 0 atom stereocenters. The van der Waals surface area contributed by atoms with Crippen LogP contribution in [0.4, 0.5) is 17.5 Å². The lowest BCUT2D eigenvalue weighted by Crippen LogP contribution is -2.27. The molecule has 0 unspecified atom stereocenters. The Labute approximate surface area is 157 Å². The number of nitrogens with zero attached hydrogens (tertiary/aromatic N) is 5. The lowest BCUT2D eigenvalue weighted by Gasteiger charge is -2.15. The zero-order chi connectivity index (χ0) is 19.0. The maximum atomic E-state index is 12.6. The van der Waals surface area contributed by atoms with Crippen LogP contribution in [-0.4, -0.2) is 45.3 Å². The first-order valence-electron chi connectivity index (χ1n) is 8.84. The van der Waals surface area contributed by atoms with Gasteiger partial charge < -0.3 is 15.6 Å². The van der Waals surface area contributed by atoms with E-state index >= 15 is 0 Å². The van der Waals surface area contributed by atoms with E-state index in [0.29, 0.717) is 35.8 Å². The van der Waals surface area contributed by atoms with Gasteiger partial charge in [0.2, 0.25) is 16.0 Å². The molecule has 0 saturated carbocycles. The van der Waals surface area contributed by atoms with Crippen molar-refractivity contribution >= 4 is 38.6 Å². The minimum absolute atomic E-state index is 0.147. The second kappa shape index (κ2) is 6.78. The van der Waals surface area contributed by atoms with E-state index in [1.165, 1.54) is 4.31 Å². The van der Waals surface area contributed by atoms with Crippen LogP contribution in [0.15, 0.2) is 35.5 Å². The topological polar surface area (TPSA) is 119 Å². The molecule has 27 heavy (non-hydrogen) atoms. The Hall–Kier alpha value is -2.72. The van der Waals surface area contributed by atoms with E-state index in [1.807, 2.05) is 11.5 Å². The fourth-order valence-electron chi connectivity index (χ4n) is 3.20. The first-order valence-corrected chi connectivity index (χ1v) is 10.3. The van der Waals surface area contributed by atoms with Crippen LogP contribution in [0, 0.1) is 0 Å². The minimum Gasteiger partial charge on any atom is -0.368 e. The summed E-state index contributed by atoms with van der Waals surface area (Å²) in [6, 6.07) is 6.62. The molecule has 3 aromatic rings. The van der Waals surface area contributed by atoms with E-state index in [9.17, 15) is 8.42 Å². The van der Waals surface area contributed by atoms with Gasteiger partial charge >= 0.3 is 0 Å². The molecule has 1 aliphatic rings. The monoisotopic (exact) mass is 387 g/mol. The zero-order valence-corrected chi connectivity index (χ0v) is 15.8. The van der Waals surface area contributed by atoms with Crippen LogP contribution >= 0.6 is 0 Å². The number of nitrogen functional groups attached to an aromatic ring is 1. The highest BCUT2D eigenvalue weighted by Gasteiger charge is 2.26. The van der Waals surface area contributed by atoms with Gasteiger partial charge in [0, 0.05) is 25.3 Å². The van der Waals surface area contributed by atoms with Crippen LogP contribution in [0.3, 0.4) is 0 Å². The SMILES string of the molecule is CCn1cnc2c(Nc3ccc(S(=O)(=O)N4CCCC4)cc3)nc(N)nc21. The number of aryl methyl sites for hydroxylation is 1. The maximum Gasteiger partial charge on any atom is 0.243 e. The molecular formula is C17H21N7O2S. The van der Waals surface area contributed by atoms with Gasteiger partial charge in [-0.05, 0) is 44.0 Å². The summed E-state index contributed by atoms with van der Waals surface area (Å²) in [4.78, 5) is 13.1. The van der Waals surface area contributed by atoms with Gasteiger partial charge in [-0.3, -0.25) is 0 Å². The number of fused-ring (bicyclic) bond motifs is 1. The van der Waals surface area contributed by atoms with Crippen molar-refractivity contribution in [3.63, 3.8) is 0 Å². The third-order valence-corrected chi connectivity index (χ3v) is 6.55. The van der Waals surface area contributed by atoms with Gasteiger partial charge in [0.1, 0.15) is 0 Å². The van der Waals surface area contributed by atoms with Gasteiger partial charge in [-0.15, -0.1) is 0 Å². The lowest BCUT2D eigenvalue weighted by atomic mass is 10.3. The molecule has 1 aliphatic heterocycles. The third kappa shape index (κ3) is 3.21. The number of anilines is 3. The summed E-state index contributed by atoms with van der Waals surface area (Å²) >= 11 is 0. The van der Waals surface area contributed by atoms with Crippen molar-refractivity contribution < 1.29 is 8.42 Å². The first-order chi connectivity index (χ1) is 13.0. The number of nitrogens with one attached hydrogen (secondary N) is 1. The van der Waals surface area contributed by atoms with Crippen molar-refractivity contribution in [3.8, 4) is 0 Å². The summed E-state index contributed by atoms with van der Waals surface area (Å²) < 4.78 is 28.6. The second-order valence-corrected chi connectivity index (χ2v) is 8.33. The molecule has 0 bridgehead atoms. The van der Waals surface area contributed by atoms with E-state index in [-0.39, 0.29) is 10.8 Å². The fraction of sp³-hybridized carbons (Fsp3) is 0.353. The summed E-state index contributed by atoms with van der Waals surface area (Å²) in [7, 11) is -3.43. The molecule has 0 amide bonds. The average molecular weight is 387 g/mol. The largest absolute Gasteiger partial charge is 0.368 e. The van der Waals surface area contributed by atoms with E-state index in [0.717, 1.165) is 19.4 Å². The standard InChI is InChI=1S/C17H21N7O2S/c1-2-23-11-19-14-15(21-17(18)22-16(14)23)20-12-5-7-13(8-6-12)27(25,26)24-9-3-4-10-24/h5-8,11H,2-4,9-10H2,1H3,(H3,18,20,21,22). The van der Waals surface area contributed by atoms with Gasteiger partial charge in [-0.2, -0.15) is 14.3 Å². The Morgan fingerprint density at radius 3 is 2.52 bits per heavy atom. The highest BCUT2D eigenvalue weighted by Crippen LogP contribution is 2.26. The van der Waals surface area contributed by atoms with E-state index in [1.54, 1.807) is 30.6 Å². The van der Waals surface area contributed by atoms with Gasteiger partial charge in [0.05, 0.1) is 11.2 Å². The van der Waals surface area contributed by atoms with Crippen molar-refractivity contribution in [2.45, 2.75) is 31.2 Å². The molecule has 3 heterocycles. The molecule has 0 spiro atoms. The molecule has 0 aliphatic carbocycles. The van der Waals surface area contributed by atoms with Crippen molar-refractivity contribution in [2.75, 3.05) is 24.1 Å². The molecule has 1 aromatic carbocycles. The van der Waals surface area contributed by atoms with Crippen molar-refractivity contribution in [1.82, 2.24) is 23.8 Å². The van der Waals surface area contributed by atoms with Gasteiger partial charge in [0.15, 0.2) is 17.0 Å². The quantitative estimate of drug-likeness (QED) is 0.687. The number of hydrogen-bond donors (Lipinski definition) is 2. The van der Waals surface area contributed by atoms with Gasteiger partial charge in [-0.25, -0.2) is 13.4 Å². The highest BCUT2D eigenvalue weighted by atomic mass is 32.2. The molecule has 3 N–H and O–H groups in total. The molecule has 10 heteroatoms. The smallest absolute Gasteiger partial charge is 0.243 e. The number of benzene rings is 1. The van der Waals surface area contributed by atoms with Crippen LogP contribution in [0.25, 0.3) is 11.2 Å². The van der Waals surface area contributed by atoms with Crippen LogP contribution < -0.4 is 11.1 Å². The summed E-state index contributed by atoms with van der Waals surface area (Å²) in [5.41, 5.74) is 7.78. The highest BCUT2D eigenvalue weighted by molar-refractivity contribution is 7.89. The number of sulfonamides is 1. The molecule has 4 rings (SSSR count). The summed E-state index contributed by atoms with van der Waals surface area (Å²) in [5, 5.41) is 3.16. The Morgan fingerprint density at radius 2 is 1.85 bits per heavy atom. The average Bonchev–Trinajstić information content (AvgIpc) is 3.32. The van der Waals surface area contributed by atoms with Crippen molar-refractivity contribution in [2.24, 2.45) is 0 Å². The number of nitrogens with two attached hydrogens (primary N) is 1. The number of aromatic nitrogens is 4. The number of rotatable bonds is 5. The van der Waals surface area contributed by atoms with Crippen LogP contribution in [0.2, 0.25) is 0 Å². The van der Waals surface area contributed by atoms with Gasteiger partial charge in [-0.1, -0.05) is 0 Å². The molecular weight excluding hydrogens is 366 g/mol. The zero-order valence-electron chi connectivity index (χ0n) is 15.0. The summed E-state index contributed by atoms with van der Waals surface area (Å²) in [5.74, 6) is 0.633. The van der Waals surface area contributed by atoms with Crippen LogP contribution in [0.1, 0.15) is 19.8 Å². The molecule has 9 nitrogen and oxygen atoms in total. The van der Waals surface area contributed by atoms with E-state index < -0.39 is 10.0 Å². The molecule has 1 saturated heterocycles. The van der Waals surface area contributed by atoms with Crippen molar-refractivity contribution in [3.05, 3.63) is 30.6 Å². The summed E-state index contributed by atoms with van der Waals surface area (Å²) in [6.07, 6.45) is 3.51. The number of hydrogen-bond acceptors (Lipinski definition) is 7. The normalized spacial score (nSPS) is 15.4.